The van der Waals surface area contributed by atoms with Crippen LogP contribution in [-0.2, 0) is 20.3 Å². The van der Waals surface area contributed by atoms with E-state index in [0.717, 1.165) is 19.1 Å². The van der Waals surface area contributed by atoms with Crippen LogP contribution in [0.5, 0.6) is 0 Å². The fraction of sp³-hybridized carbons (Fsp3) is 0.875. The van der Waals surface area contributed by atoms with Crippen molar-refractivity contribution in [1.29, 1.82) is 0 Å². The predicted molar refractivity (Wildman–Crippen MR) is 88.9 cm³/mol. The quantitative estimate of drug-likeness (QED) is 0.846. The summed E-state index contributed by atoms with van der Waals surface area (Å²) in [6.45, 7) is 1.85. The number of aromatic nitrogens is 3. The van der Waals surface area contributed by atoms with Crippen molar-refractivity contribution in [3.8, 4) is 0 Å². The summed E-state index contributed by atoms with van der Waals surface area (Å²) in [4.78, 5) is 2.54. The van der Waals surface area contributed by atoms with E-state index in [1.165, 1.54) is 51.4 Å². The van der Waals surface area contributed by atoms with Gasteiger partial charge in [-0.25, -0.2) is 4.68 Å². The van der Waals surface area contributed by atoms with E-state index in [4.69, 9.17) is 12.2 Å². The van der Waals surface area contributed by atoms with Crippen LogP contribution in [0.4, 0.5) is 0 Å². The lowest BCUT2D eigenvalue weighted by Gasteiger charge is -2.29. The third-order valence-corrected chi connectivity index (χ3v) is 5.90. The van der Waals surface area contributed by atoms with Gasteiger partial charge in [0, 0.05) is 19.6 Å². The topological polar surface area (TPSA) is 46.2 Å². The molecule has 124 valence electrons. The van der Waals surface area contributed by atoms with Crippen LogP contribution in [0.1, 0.15) is 57.2 Å². The third kappa shape index (κ3) is 3.44. The lowest BCUT2D eigenvalue weighted by molar-refractivity contribution is 0.154. The minimum Gasteiger partial charge on any atom is -0.388 e. The van der Waals surface area contributed by atoms with Crippen molar-refractivity contribution in [1.82, 2.24) is 19.2 Å². The Hall–Kier alpha value is -0.720. The van der Waals surface area contributed by atoms with Crippen LogP contribution in [0.25, 0.3) is 0 Å². The van der Waals surface area contributed by atoms with Crippen molar-refractivity contribution < 1.29 is 5.11 Å². The molecular weight excluding hydrogens is 296 g/mol. The number of likely N-dealkylation sites (tertiary alicyclic amines) is 1. The molecule has 1 aliphatic heterocycles. The van der Waals surface area contributed by atoms with Gasteiger partial charge in [-0.2, -0.15) is 5.10 Å². The molecule has 2 heterocycles. The summed E-state index contributed by atoms with van der Waals surface area (Å²) >= 11 is 5.44. The normalized spacial score (nSPS) is 24.2. The molecular formula is C16H28N4OS. The van der Waals surface area contributed by atoms with E-state index in [-0.39, 0.29) is 6.61 Å². The highest BCUT2D eigenvalue weighted by Crippen LogP contribution is 2.32. The van der Waals surface area contributed by atoms with Crippen molar-refractivity contribution in [2.75, 3.05) is 6.54 Å². The molecule has 2 aliphatic rings. The maximum absolute atomic E-state index is 9.33. The SMILES string of the molecule is Cn1c(CO)nn(CN2CCCC2CC2CCCCC2)c1=S. The van der Waals surface area contributed by atoms with E-state index in [1.54, 1.807) is 0 Å². The highest BCUT2D eigenvalue weighted by atomic mass is 32.1. The van der Waals surface area contributed by atoms with Gasteiger partial charge < -0.3 is 9.67 Å². The second kappa shape index (κ2) is 7.23. The first-order valence-electron chi connectivity index (χ1n) is 8.66. The zero-order chi connectivity index (χ0) is 15.5. The molecule has 2 fully saturated rings. The standard InChI is InChI=1S/C16H28N4OS/c1-18-15(11-21)17-20(16(18)22)12-19-9-5-8-14(19)10-13-6-3-2-4-7-13/h13-14,21H,2-12H2,1H3. The highest BCUT2D eigenvalue weighted by Gasteiger charge is 2.28. The predicted octanol–water partition coefficient (Wildman–Crippen LogP) is 2.84. The molecule has 6 heteroatoms. The molecule has 1 aromatic rings. The fourth-order valence-electron chi connectivity index (χ4n) is 4.09. The van der Waals surface area contributed by atoms with Crippen LogP contribution < -0.4 is 0 Å². The van der Waals surface area contributed by atoms with Crippen LogP contribution in [0.15, 0.2) is 0 Å². The molecule has 1 unspecified atom stereocenters. The van der Waals surface area contributed by atoms with Gasteiger partial charge in [0.25, 0.3) is 0 Å². The molecule has 1 saturated heterocycles. The number of hydrogen-bond acceptors (Lipinski definition) is 4. The molecule has 5 nitrogen and oxygen atoms in total. The molecule has 22 heavy (non-hydrogen) atoms. The number of rotatable bonds is 5. The van der Waals surface area contributed by atoms with E-state index in [0.29, 0.717) is 16.6 Å². The van der Waals surface area contributed by atoms with E-state index < -0.39 is 0 Å². The first-order valence-corrected chi connectivity index (χ1v) is 9.07. The summed E-state index contributed by atoms with van der Waals surface area (Å²) in [5.74, 6) is 1.57. The molecule has 0 radical (unpaired) electrons. The Morgan fingerprint density at radius 1 is 1.18 bits per heavy atom. The Morgan fingerprint density at radius 2 is 1.95 bits per heavy atom. The van der Waals surface area contributed by atoms with E-state index in [2.05, 4.69) is 10.00 Å². The van der Waals surface area contributed by atoms with Gasteiger partial charge in [0.15, 0.2) is 10.6 Å². The van der Waals surface area contributed by atoms with Gasteiger partial charge in [-0.15, -0.1) is 0 Å². The van der Waals surface area contributed by atoms with Crippen molar-refractivity contribution in [3.63, 3.8) is 0 Å². The van der Waals surface area contributed by atoms with Crippen LogP contribution in [0.2, 0.25) is 0 Å². The minimum absolute atomic E-state index is 0.0569. The summed E-state index contributed by atoms with van der Waals surface area (Å²) in [5, 5.41) is 13.8. The average Bonchev–Trinajstić information content (AvgIpc) is 3.08. The second-order valence-electron chi connectivity index (χ2n) is 6.91. The van der Waals surface area contributed by atoms with Crippen molar-refractivity contribution in [3.05, 3.63) is 10.6 Å². The van der Waals surface area contributed by atoms with E-state index in [9.17, 15) is 5.11 Å². The molecule has 1 saturated carbocycles. The minimum atomic E-state index is -0.0569. The Bertz CT molecular complexity index is 547. The zero-order valence-electron chi connectivity index (χ0n) is 13.6. The smallest absolute Gasteiger partial charge is 0.198 e. The van der Waals surface area contributed by atoms with Gasteiger partial charge in [0.05, 0.1) is 6.67 Å². The first-order chi connectivity index (χ1) is 10.7. The van der Waals surface area contributed by atoms with Crippen LogP contribution in [0.3, 0.4) is 0 Å². The van der Waals surface area contributed by atoms with Gasteiger partial charge in [-0.1, -0.05) is 32.1 Å². The monoisotopic (exact) mass is 324 g/mol. The molecule has 0 amide bonds. The summed E-state index contributed by atoms with van der Waals surface area (Å²) in [6.07, 6.45) is 11.0. The van der Waals surface area contributed by atoms with Gasteiger partial charge in [-0.3, -0.25) is 4.90 Å². The summed E-state index contributed by atoms with van der Waals surface area (Å²) < 4.78 is 4.38. The third-order valence-electron chi connectivity index (χ3n) is 5.42. The molecule has 1 atom stereocenters. The van der Waals surface area contributed by atoms with Crippen LogP contribution >= 0.6 is 12.2 Å². The Kier molecular flexibility index (Phi) is 5.31. The van der Waals surface area contributed by atoms with Crippen molar-refractivity contribution in [2.24, 2.45) is 13.0 Å². The van der Waals surface area contributed by atoms with Crippen molar-refractivity contribution >= 4 is 12.2 Å². The molecule has 1 aliphatic carbocycles. The second-order valence-corrected chi connectivity index (χ2v) is 7.27. The number of aliphatic hydroxyl groups is 1. The molecule has 1 aromatic heterocycles. The Balaban J connectivity index is 1.64. The fourth-order valence-corrected chi connectivity index (χ4v) is 4.29. The van der Waals surface area contributed by atoms with Crippen LogP contribution in [0, 0.1) is 10.7 Å². The molecule has 0 aromatic carbocycles. The zero-order valence-corrected chi connectivity index (χ0v) is 14.4. The number of nitrogens with zero attached hydrogens (tertiary/aromatic N) is 4. The van der Waals surface area contributed by atoms with Crippen molar-refractivity contribution in [2.45, 2.75) is 70.7 Å². The summed E-state index contributed by atoms with van der Waals surface area (Å²) in [5.41, 5.74) is 0. The van der Waals surface area contributed by atoms with Crippen LogP contribution in [-0.4, -0.2) is 36.9 Å². The first kappa shape index (κ1) is 16.1. The van der Waals surface area contributed by atoms with Gasteiger partial charge in [0.1, 0.15) is 6.61 Å². The van der Waals surface area contributed by atoms with E-state index >= 15 is 0 Å². The maximum Gasteiger partial charge on any atom is 0.198 e. The summed E-state index contributed by atoms with van der Waals surface area (Å²) in [6, 6.07) is 0.685. The largest absolute Gasteiger partial charge is 0.388 e. The van der Waals surface area contributed by atoms with Gasteiger partial charge in [-0.05, 0) is 37.4 Å². The molecule has 0 spiro atoms. The average molecular weight is 324 g/mol. The molecule has 0 bridgehead atoms. The maximum atomic E-state index is 9.33. The van der Waals surface area contributed by atoms with Gasteiger partial charge >= 0.3 is 0 Å². The van der Waals surface area contributed by atoms with Gasteiger partial charge in [0.2, 0.25) is 0 Å². The van der Waals surface area contributed by atoms with E-state index in [1.807, 2.05) is 16.3 Å². The Labute approximate surface area is 137 Å². The summed E-state index contributed by atoms with van der Waals surface area (Å²) in [7, 11) is 1.88. The highest BCUT2D eigenvalue weighted by molar-refractivity contribution is 7.71. The molecule has 3 rings (SSSR count). The Morgan fingerprint density at radius 3 is 2.64 bits per heavy atom. The number of hydrogen-bond donors (Lipinski definition) is 1. The number of aliphatic hydroxyl groups excluding tert-OH is 1. The lowest BCUT2D eigenvalue weighted by atomic mass is 9.84. The molecule has 1 N–H and O–H groups in total. The lowest BCUT2D eigenvalue weighted by Crippen LogP contribution is -2.33.